The minimum Gasteiger partial charge on any atom is -0.462 e. The number of carbonyl (C=O) groups excluding carboxylic acids is 4. The summed E-state index contributed by atoms with van der Waals surface area (Å²) in [5.74, 6) is -2.28. The maximum atomic E-state index is 13.1. The van der Waals surface area contributed by atoms with Gasteiger partial charge in [-0.1, -0.05) is 281 Å². The largest absolute Gasteiger partial charge is 0.472 e. The standard InChI is InChI=1S/C89H146O17P2/c1-5-9-13-17-21-25-29-33-36-39-41-44-47-51-54-58-62-66-70-74-87(92)100-80-85(106-89(94)76-72-68-64-60-56-52-48-45-42-40-37-34-30-26-22-18-14-10-6-2)82-104-108(97,98)102-78-83(90)77-101-107(95,96)103-81-84(105-88(93)75-71-67-63-59-55-49-32-28-24-20-16-12-8-4)79-99-86(91)73-69-65-61-57-53-50-46-43-38-35-31-27-23-19-15-11-7-3/h9-11,13-15,21-23,25-28,32-38,41-42,44-45,51-52,54,56,83-85,90H,5-8,12,16-20,24,29-31,39-40,43,46-50,53,55,57-82H2,1-4H3,(H,95,96)(H,97,98)/b13-9-,14-10-,15-11-,25-21-,26-22-,27-23-,32-28-,36-33-,37-34-,38-35-,44-41-,45-42-,54-51-,56-52-. The van der Waals surface area contributed by atoms with Crippen LogP contribution in [0.15, 0.2) is 170 Å². The summed E-state index contributed by atoms with van der Waals surface area (Å²) in [6, 6.07) is 0. The summed E-state index contributed by atoms with van der Waals surface area (Å²) >= 11 is 0. The molecule has 0 aromatic rings. The van der Waals surface area contributed by atoms with Gasteiger partial charge in [-0.2, -0.15) is 0 Å². The highest BCUT2D eigenvalue weighted by Gasteiger charge is 2.30. The van der Waals surface area contributed by atoms with Crippen LogP contribution in [0.5, 0.6) is 0 Å². The van der Waals surface area contributed by atoms with Crippen LogP contribution >= 0.6 is 15.6 Å². The first-order valence-corrected chi connectivity index (χ1v) is 44.4. The third kappa shape index (κ3) is 78.5. The van der Waals surface area contributed by atoms with Gasteiger partial charge in [-0.05, 0) is 173 Å². The first-order chi connectivity index (χ1) is 52.7. The summed E-state index contributed by atoms with van der Waals surface area (Å²) in [5, 5.41) is 10.7. The number of ether oxygens (including phenoxy) is 4. The van der Waals surface area contributed by atoms with Gasteiger partial charge < -0.3 is 33.8 Å². The number of aliphatic hydroxyl groups is 1. The van der Waals surface area contributed by atoms with E-state index in [1.54, 1.807) is 0 Å². The quantitative estimate of drug-likeness (QED) is 0.0169. The molecule has 0 aromatic heterocycles. The zero-order chi connectivity index (χ0) is 78.9. The van der Waals surface area contributed by atoms with E-state index in [1.807, 2.05) is 0 Å². The Kier molecular flexibility index (Phi) is 75.4. The van der Waals surface area contributed by atoms with Gasteiger partial charge in [-0.3, -0.25) is 37.3 Å². The minimum absolute atomic E-state index is 0.0417. The SMILES string of the molecule is CC/C=C\C/C=C\C/C=C\C/C=C\C/C=C\CCCCCC(=O)OCC(COP(=O)(O)OCC(O)COP(=O)(O)OCC(COC(=O)CCCCCCCCC/C=C\C/C=C\C/C=C\CC)OC(=O)CCCCCCC/C=C\CCCCCC)OC(=O)CCCCC/C=C\C/C=C\C/C=C\C/C=C\C/C=C\CC. The molecule has 614 valence electrons. The Morgan fingerprint density at radius 2 is 0.481 bits per heavy atom. The van der Waals surface area contributed by atoms with Gasteiger partial charge in [0.2, 0.25) is 0 Å². The number of allylic oxidation sites excluding steroid dienone is 28. The molecule has 5 unspecified atom stereocenters. The Morgan fingerprint density at radius 3 is 0.759 bits per heavy atom. The van der Waals surface area contributed by atoms with Crippen LogP contribution in [0.1, 0.15) is 310 Å². The van der Waals surface area contributed by atoms with Crippen LogP contribution in [-0.4, -0.2) is 96.7 Å². The molecular formula is C89H146O17P2. The molecule has 0 aliphatic rings. The van der Waals surface area contributed by atoms with Crippen LogP contribution < -0.4 is 0 Å². The number of rotatable bonds is 76. The lowest BCUT2D eigenvalue weighted by Gasteiger charge is -2.21. The average molecular weight is 1550 g/mol. The van der Waals surface area contributed by atoms with Gasteiger partial charge in [0, 0.05) is 25.7 Å². The van der Waals surface area contributed by atoms with Crippen molar-refractivity contribution >= 4 is 39.5 Å². The van der Waals surface area contributed by atoms with Gasteiger partial charge in [0.05, 0.1) is 26.4 Å². The highest BCUT2D eigenvalue weighted by molar-refractivity contribution is 7.47. The molecule has 19 heteroatoms. The van der Waals surface area contributed by atoms with Crippen LogP contribution in [0, 0.1) is 0 Å². The van der Waals surface area contributed by atoms with E-state index >= 15 is 0 Å². The summed E-state index contributed by atoms with van der Waals surface area (Å²) in [7, 11) is -10.0. The van der Waals surface area contributed by atoms with Crippen molar-refractivity contribution in [3.8, 4) is 0 Å². The molecule has 0 aromatic carbocycles. The lowest BCUT2D eigenvalue weighted by atomic mass is 10.1. The van der Waals surface area contributed by atoms with Gasteiger partial charge >= 0.3 is 39.5 Å². The lowest BCUT2D eigenvalue weighted by Crippen LogP contribution is -2.30. The minimum atomic E-state index is -5.01. The fourth-order valence-corrected chi connectivity index (χ4v) is 12.0. The number of esters is 4. The zero-order valence-corrected chi connectivity index (χ0v) is 69.0. The van der Waals surface area contributed by atoms with E-state index in [2.05, 4.69) is 198 Å². The second-order valence-corrected chi connectivity index (χ2v) is 29.8. The van der Waals surface area contributed by atoms with E-state index < -0.39 is 97.5 Å². The summed E-state index contributed by atoms with van der Waals surface area (Å²) in [6.07, 6.45) is 94.6. The van der Waals surface area contributed by atoms with Crippen molar-refractivity contribution in [2.75, 3.05) is 39.6 Å². The van der Waals surface area contributed by atoms with Crippen molar-refractivity contribution in [1.82, 2.24) is 0 Å². The molecular weight excluding hydrogens is 1400 g/mol. The predicted octanol–water partition coefficient (Wildman–Crippen LogP) is 24.6. The maximum Gasteiger partial charge on any atom is 0.472 e. The molecule has 3 N–H and O–H groups in total. The molecule has 0 aliphatic heterocycles. The maximum absolute atomic E-state index is 13.1. The normalized spacial score (nSPS) is 14.7. The van der Waals surface area contributed by atoms with Gasteiger partial charge in [-0.15, -0.1) is 0 Å². The van der Waals surface area contributed by atoms with Crippen LogP contribution in [0.4, 0.5) is 0 Å². The van der Waals surface area contributed by atoms with Crippen molar-refractivity contribution in [1.29, 1.82) is 0 Å². The van der Waals surface area contributed by atoms with Crippen LogP contribution in [0.25, 0.3) is 0 Å². The van der Waals surface area contributed by atoms with Crippen molar-refractivity contribution < 1.29 is 80.2 Å². The molecule has 0 amide bonds. The molecule has 0 bridgehead atoms. The van der Waals surface area contributed by atoms with Gasteiger partial charge in [0.25, 0.3) is 0 Å². The van der Waals surface area contributed by atoms with E-state index in [-0.39, 0.29) is 25.7 Å². The zero-order valence-electron chi connectivity index (χ0n) is 67.2. The number of hydrogen-bond donors (Lipinski definition) is 3. The third-order valence-corrected chi connectivity index (χ3v) is 18.6. The topological polar surface area (TPSA) is 237 Å². The molecule has 0 fully saturated rings. The molecule has 5 atom stereocenters. The molecule has 0 saturated carbocycles. The van der Waals surface area contributed by atoms with E-state index in [9.17, 15) is 43.2 Å². The predicted molar refractivity (Wildman–Crippen MR) is 445 cm³/mol. The second kappa shape index (κ2) is 79.5. The Hall–Kier alpha value is -5.58. The Labute approximate surface area is 654 Å². The van der Waals surface area contributed by atoms with Gasteiger partial charge in [0.1, 0.15) is 19.3 Å². The first kappa shape index (κ1) is 102. The van der Waals surface area contributed by atoms with Crippen molar-refractivity contribution in [2.45, 2.75) is 329 Å². The summed E-state index contributed by atoms with van der Waals surface area (Å²) in [6.45, 7) is 4.43. The monoisotopic (exact) mass is 1550 g/mol. The molecule has 0 aliphatic carbocycles. The number of unbranched alkanes of at least 4 members (excludes halogenated alkanes) is 22. The summed E-state index contributed by atoms with van der Waals surface area (Å²) < 4.78 is 68.7. The van der Waals surface area contributed by atoms with Crippen molar-refractivity contribution in [3.63, 3.8) is 0 Å². The van der Waals surface area contributed by atoms with Crippen LogP contribution in [0.3, 0.4) is 0 Å². The molecule has 0 rings (SSSR count). The second-order valence-electron chi connectivity index (χ2n) is 26.9. The highest BCUT2D eigenvalue weighted by atomic mass is 31.2. The van der Waals surface area contributed by atoms with Crippen molar-refractivity contribution in [2.24, 2.45) is 0 Å². The molecule has 0 heterocycles. The summed E-state index contributed by atoms with van der Waals surface area (Å²) in [5.41, 5.74) is 0. The van der Waals surface area contributed by atoms with Gasteiger partial charge in [-0.25, -0.2) is 9.13 Å². The Bertz CT molecular complexity index is 2710. The van der Waals surface area contributed by atoms with E-state index in [4.69, 9.17) is 37.0 Å². The molecule has 108 heavy (non-hydrogen) atoms. The fraction of sp³-hybridized carbons (Fsp3) is 0.640. The van der Waals surface area contributed by atoms with Gasteiger partial charge in [0.15, 0.2) is 12.2 Å². The van der Waals surface area contributed by atoms with E-state index in [0.29, 0.717) is 25.7 Å². The van der Waals surface area contributed by atoms with Crippen LogP contribution in [0.2, 0.25) is 0 Å². The average Bonchev–Trinajstić information content (AvgIpc) is 0.892. The molecule has 0 spiro atoms. The Morgan fingerprint density at radius 1 is 0.269 bits per heavy atom. The first-order valence-electron chi connectivity index (χ1n) is 41.4. The number of carbonyl (C=O) groups is 4. The fourth-order valence-electron chi connectivity index (χ4n) is 10.5. The molecule has 17 nitrogen and oxygen atoms in total. The molecule has 0 radical (unpaired) electrons. The van der Waals surface area contributed by atoms with E-state index in [1.165, 1.54) is 25.7 Å². The number of hydrogen-bond acceptors (Lipinski definition) is 15. The summed E-state index contributed by atoms with van der Waals surface area (Å²) in [4.78, 5) is 73.2. The van der Waals surface area contributed by atoms with Crippen LogP contribution in [-0.2, 0) is 65.4 Å². The molecule has 0 saturated heterocycles. The lowest BCUT2D eigenvalue weighted by molar-refractivity contribution is -0.161. The Balaban J connectivity index is 5.46. The third-order valence-electron chi connectivity index (χ3n) is 16.7. The van der Waals surface area contributed by atoms with E-state index in [0.717, 1.165) is 205 Å². The highest BCUT2D eigenvalue weighted by Crippen LogP contribution is 2.45. The number of phosphoric acid groups is 2. The number of aliphatic hydroxyl groups excluding tert-OH is 1. The van der Waals surface area contributed by atoms with Crippen molar-refractivity contribution in [3.05, 3.63) is 170 Å². The smallest absolute Gasteiger partial charge is 0.462 e. The number of phosphoric ester groups is 2.